The summed E-state index contributed by atoms with van der Waals surface area (Å²) in [4.78, 5) is 10.1. The van der Waals surface area contributed by atoms with Gasteiger partial charge in [0.1, 0.15) is 0 Å². The van der Waals surface area contributed by atoms with Crippen LogP contribution in [0, 0.1) is 0 Å². The molecule has 0 aromatic carbocycles. The number of nitrogens with two attached hydrogens (primary N) is 1. The summed E-state index contributed by atoms with van der Waals surface area (Å²) < 4.78 is 3.53. The largest absolute Gasteiger partial charge is 0.476 e. The first-order valence-electron chi connectivity index (χ1n) is 2.15. The highest BCUT2D eigenvalue weighted by Crippen LogP contribution is 2.11. The lowest BCUT2D eigenvalue weighted by Crippen LogP contribution is -1.99. The molecule has 0 radical (unpaired) electrons. The molecule has 0 spiro atoms. The molecule has 0 amide bonds. The van der Waals surface area contributed by atoms with Crippen molar-refractivity contribution in [3.63, 3.8) is 0 Å². The van der Waals surface area contributed by atoms with E-state index in [-0.39, 0.29) is 36.2 Å². The van der Waals surface area contributed by atoms with Crippen molar-refractivity contribution >= 4 is 48.0 Å². The Morgan fingerprint density at radius 3 is 2.36 bits per heavy atom. The van der Waals surface area contributed by atoms with Crippen molar-refractivity contribution in [1.29, 1.82) is 0 Å². The summed E-state index contributed by atoms with van der Waals surface area (Å²) in [6.07, 6.45) is 0. The SMILES string of the molecule is Cl.Cl.Nc1csnc1C(=O)O. The number of nitrogens with zero attached hydrogens (tertiary/aromatic N) is 1. The van der Waals surface area contributed by atoms with Crippen molar-refractivity contribution in [2.24, 2.45) is 0 Å². The number of carboxylic acids is 1. The minimum absolute atomic E-state index is 0. The zero-order valence-corrected chi connectivity index (χ0v) is 7.63. The predicted octanol–water partition coefficient (Wildman–Crippen LogP) is 1.27. The van der Waals surface area contributed by atoms with E-state index in [0.29, 0.717) is 0 Å². The van der Waals surface area contributed by atoms with Crippen molar-refractivity contribution in [1.82, 2.24) is 4.37 Å². The molecule has 1 aromatic rings. The molecular formula is C4H6Cl2N2O2S. The van der Waals surface area contributed by atoms with Gasteiger partial charge in [0.2, 0.25) is 0 Å². The first-order valence-corrected chi connectivity index (χ1v) is 2.98. The van der Waals surface area contributed by atoms with Crippen LogP contribution in [0.2, 0.25) is 0 Å². The quantitative estimate of drug-likeness (QED) is 0.742. The molecule has 0 unspecified atom stereocenters. The Bertz CT molecular complexity index is 240. The van der Waals surface area contributed by atoms with Gasteiger partial charge in [0.25, 0.3) is 0 Å². The molecule has 0 fully saturated rings. The van der Waals surface area contributed by atoms with Gasteiger partial charge >= 0.3 is 5.97 Å². The van der Waals surface area contributed by atoms with Gasteiger partial charge in [0, 0.05) is 5.38 Å². The van der Waals surface area contributed by atoms with Crippen molar-refractivity contribution in [3.8, 4) is 0 Å². The molecule has 1 aromatic heterocycles. The van der Waals surface area contributed by atoms with Crippen LogP contribution in [-0.4, -0.2) is 15.4 Å². The minimum atomic E-state index is -1.08. The normalized spacial score (nSPS) is 7.64. The van der Waals surface area contributed by atoms with Crippen LogP contribution in [0.15, 0.2) is 5.38 Å². The Morgan fingerprint density at radius 1 is 1.64 bits per heavy atom. The average Bonchev–Trinajstić information content (AvgIpc) is 2.13. The number of aromatic carboxylic acids is 1. The van der Waals surface area contributed by atoms with Crippen molar-refractivity contribution in [2.45, 2.75) is 0 Å². The van der Waals surface area contributed by atoms with E-state index in [1.54, 1.807) is 0 Å². The standard InChI is InChI=1S/C4H4N2O2S.2ClH/c5-2-1-9-6-3(2)4(7)8;;/h1H,5H2,(H,7,8);2*1H. The third-order valence-corrected chi connectivity index (χ3v) is 1.45. The Morgan fingerprint density at radius 2 is 2.18 bits per heavy atom. The number of aromatic nitrogens is 1. The van der Waals surface area contributed by atoms with Gasteiger partial charge in [0.05, 0.1) is 5.69 Å². The molecule has 7 heteroatoms. The number of nitrogen functional groups attached to an aromatic ring is 1. The van der Waals surface area contributed by atoms with Crippen molar-refractivity contribution in [3.05, 3.63) is 11.1 Å². The maximum absolute atomic E-state index is 10.1. The lowest BCUT2D eigenvalue weighted by atomic mass is 10.4. The Kier molecular flexibility index (Phi) is 6.16. The van der Waals surface area contributed by atoms with Gasteiger partial charge in [-0.05, 0) is 11.5 Å². The first-order chi connectivity index (χ1) is 4.22. The van der Waals surface area contributed by atoms with E-state index in [1.165, 1.54) is 5.38 Å². The number of hydrogen-bond donors (Lipinski definition) is 2. The van der Waals surface area contributed by atoms with Crippen LogP contribution in [-0.2, 0) is 0 Å². The molecule has 0 saturated carbocycles. The number of rotatable bonds is 1. The van der Waals surface area contributed by atoms with Crippen LogP contribution in [0.5, 0.6) is 0 Å². The molecule has 11 heavy (non-hydrogen) atoms. The molecular weight excluding hydrogens is 211 g/mol. The summed E-state index contributed by atoms with van der Waals surface area (Å²) in [5, 5.41) is 9.81. The van der Waals surface area contributed by atoms with Gasteiger partial charge in [-0.2, -0.15) is 4.37 Å². The number of carboxylic acid groups (broad SMARTS) is 1. The van der Waals surface area contributed by atoms with Crippen LogP contribution in [0.1, 0.15) is 10.5 Å². The van der Waals surface area contributed by atoms with Crippen LogP contribution in [0.25, 0.3) is 0 Å². The molecule has 3 N–H and O–H groups in total. The topological polar surface area (TPSA) is 76.2 Å². The molecule has 0 aliphatic rings. The number of hydrogen-bond acceptors (Lipinski definition) is 4. The van der Waals surface area contributed by atoms with Crippen LogP contribution >= 0.6 is 36.3 Å². The third-order valence-electron chi connectivity index (χ3n) is 0.800. The summed E-state index contributed by atoms with van der Waals surface area (Å²) in [6, 6.07) is 0. The fourth-order valence-corrected chi connectivity index (χ4v) is 0.974. The summed E-state index contributed by atoms with van der Waals surface area (Å²) in [5.41, 5.74) is 5.38. The Balaban J connectivity index is 0. The van der Waals surface area contributed by atoms with Gasteiger partial charge in [0.15, 0.2) is 5.69 Å². The fraction of sp³-hybridized carbons (Fsp3) is 0. The zero-order chi connectivity index (χ0) is 6.85. The van der Waals surface area contributed by atoms with E-state index < -0.39 is 5.97 Å². The molecule has 1 heterocycles. The first kappa shape index (κ1) is 13.1. The average molecular weight is 217 g/mol. The van der Waals surface area contributed by atoms with Crippen LogP contribution < -0.4 is 5.73 Å². The second-order valence-electron chi connectivity index (χ2n) is 1.42. The van der Waals surface area contributed by atoms with E-state index in [0.717, 1.165) is 11.5 Å². The van der Waals surface area contributed by atoms with Crippen LogP contribution in [0.3, 0.4) is 0 Å². The molecule has 1 rings (SSSR count). The molecule has 0 bridgehead atoms. The molecule has 0 aliphatic carbocycles. The highest BCUT2D eigenvalue weighted by atomic mass is 35.5. The number of anilines is 1. The zero-order valence-electron chi connectivity index (χ0n) is 5.18. The highest BCUT2D eigenvalue weighted by Gasteiger charge is 2.08. The minimum Gasteiger partial charge on any atom is -0.476 e. The summed E-state index contributed by atoms with van der Waals surface area (Å²) in [7, 11) is 0. The Hall–Kier alpha value is -0.520. The van der Waals surface area contributed by atoms with Crippen molar-refractivity contribution in [2.75, 3.05) is 5.73 Å². The van der Waals surface area contributed by atoms with Gasteiger partial charge in [-0.25, -0.2) is 4.79 Å². The maximum atomic E-state index is 10.1. The van der Waals surface area contributed by atoms with Crippen LogP contribution in [0.4, 0.5) is 5.69 Å². The molecule has 4 nitrogen and oxygen atoms in total. The third kappa shape index (κ3) is 2.92. The van der Waals surface area contributed by atoms with Gasteiger partial charge < -0.3 is 10.8 Å². The number of carbonyl (C=O) groups is 1. The van der Waals surface area contributed by atoms with Gasteiger partial charge in [-0.3, -0.25) is 0 Å². The van der Waals surface area contributed by atoms with Crippen molar-refractivity contribution < 1.29 is 9.90 Å². The van der Waals surface area contributed by atoms with Gasteiger partial charge in [-0.15, -0.1) is 24.8 Å². The number of halogens is 2. The molecule has 64 valence electrons. The monoisotopic (exact) mass is 216 g/mol. The highest BCUT2D eigenvalue weighted by molar-refractivity contribution is 7.04. The molecule has 0 aliphatic heterocycles. The molecule has 0 atom stereocenters. The van der Waals surface area contributed by atoms with E-state index in [4.69, 9.17) is 10.8 Å². The van der Waals surface area contributed by atoms with Gasteiger partial charge in [-0.1, -0.05) is 0 Å². The van der Waals surface area contributed by atoms with E-state index >= 15 is 0 Å². The van der Waals surface area contributed by atoms with E-state index in [9.17, 15) is 4.79 Å². The maximum Gasteiger partial charge on any atom is 0.357 e. The Labute approximate surface area is 79.4 Å². The molecule has 0 saturated heterocycles. The van der Waals surface area contributed by atoms with E-state index in [1.807, 2.05) is 0 Å². The predicted molar refractivity (Wildman–Crippen MR) is 48.0 cm³/mol. The summed E-state index contributed by atoms with van der Waals surface area (Å²) >= 11 is 1.04. The van der Waals surface area contributed by atoms with E-state index in [2.05, 4.69) is 4.37 Å². The summed E-state index contributed by atoms with van der Waals surface area (Å²) in [6.45, 7) is 0. The lowest BCUT2D eigenvalue weighted by molar-refractivity contribution is 0.0693. The lowest BCUT2D eigenvalue weighted by Gasteiger charge is -1.84. The fourth-order valence-electron chi connectivity index (χ4n) is 0.407. The second-order valence-corrected chi connectivity index (χ2v) is 2.05. The second kappa shape index (κ2) is 5.17. The summed E-state index contributed by atoms with van der Waals surface area (Å²) in [5.74, 6) is -1.08. The smallest absolute Gasteiger partial charge is 0.357 e.